The Morgan fingerprint density at radius 2 is 2.00 bits per heavy atom. The lowest BCUT2D eigenvalue weighted by molar-refractivity contribution is 0.585. The van der Waals surface area contributed by atoms with Gasteiger partial charge in [0, 0.05) is 56.6 Å². The predicted octanol–water partition coefficient (Wildman–Crippen LogP) is 2.05. The molecule has 0 aromatic carbocycles. The molecule has 0 unspecified atom stereocenters. The van der Waals surface area contributed by atoms with Gasteiger partial charge in [0.25, 0.3) is 0 Å². The van der Waals surface area contributed by atoms with E-state index in [1.165, 1.54) is 11.5 Å². The van der Waals surface area contributed by atoms with Gasteiger partial charge < -0.3 is 15.5 Å². The zero-order chi connectivity index (χ0) is 19.1. The Labute approximate surface area is 166 Å². The largest absolute Gasteiger partial charge is 0.354 e. The molecule has 1 aliphatic heterocycles. The maximum absolute atomic E-state index is 4.96. The van der Waals surface area contributed by atoms with Crippen molar-refractivity contribution in [1.29, 1.82) is 0 Å². The van der Waals surface area contributed by atoms with Gasteiger partial charge >= 0.3 is 0 Å². The molecule has 1 saturated heterocycles. The van der Waals surface area contributed by atoms with Gasteiger partial charge in [0.05, 0.1) is 18.1 Å². The molecule has 5 heterocycles. The molecule has 1 fully saturated rings. The van der Waals surface area contributed by atoms with E-state index in [1.807, 2.05) is 43.1 Å². The van der Waals surface area contributed by atoms with Crippen LogP contribution in [0.2, 0.25) is 0 Å². The molecule has 0 bridgehead atoms. The Hall–Kier alpha value is -2.98. The number of rotatable bonds is 4. The lowest BCUT2D eigenvalue weighted by Gasteiger charge is -2.28. The van der Waals surface area contributed by atoms with Crippen LogP contribution in [-0.4, -0.2) is 54.9 Å². The number of aromatic nitrogens is 6. The van der Waals surface area contributed by atoms with Gasteiger partial charge in [-0.2, -0.15) is 19.1 Å². The van der Waals surface area contributed by atoms with Crippen LogP contribution in [0.5, 0.6) is 0 Å². The second-order valence-electron chi connectivity index (χ2n) is 6.89. The number of hydrogen-bond acceptors (Lipinski definition) is 8. The van der Waals surface area contributed by atoms with Gasteiger partial charge in [-0.25, -0.2) is 4.98 Å². The summed E-state index contributed by atoms with van der Waals surface area (Å²) in [4.78, 5) is 7.27. The van der Waals surface area contributed by atoms with Crippen LogP contribution in [0.3, 0.4) is 0 Å². The summed E-state index contributed by atoms with van der Waals surface area (Å²) < 4.78 is 8.01. The molecule has 0 saturated carbocycles. The van der Waals surface area contributed by atoms with E-state index in [9.17, 15) is 0 Å². The number of fused-ring (bicyclic) bond motifs is 1. The van der Waals surface area contributed by atoms with Crippen molar-refractivity contribution in [2.75, 3.05) is 36.4 Å². The minimum atomic E-state index is 0.813. The van der Waals surface area contributed by atoms with Crippen molar-refractivity contribution in [1.82, 2.24) is 34.1 Å². The van der Waals surface area contributed by atoms with E-state index in [0.717, 1.165) is 65.3 Å². The second-order valence-corrected chi connectivity index (χ2v) is 7.70. The summed E-state index contributed by atoms with van der Waals surface area (Å²) in [6.45, 7) is 5.76. The van der Waals surface area contributed by atoms with Crippen LogP contribution in [-0.2, 0) is 7.05 Å². The van der Waals surface area contributed by atoms with Gasteiger partial charge in [-0.05, 0) is 24.5 Å². The molecule has 0 atom stereocenters. The first-order chi connectivity index (χ1) is 13.7. The molecule has 0 aliphatic carbocycles. The molecule has 9 nitrogen and oxygen atoms in total. The van der Waals surface area contributed by atoms with E-state index in [2.05, 4.69) is 36.2 Å². The van der Waals surface area contributed by atoms with Crippen LogP contribution in [0.4, 0.5) is 16.6 Å². The minimum absolute atomic E-state index is 0.813. The fourth-order valence-electron chi connectivity index (χ4n) is 3.41. The highest BCUT2D eigenvalue weighted by Crippen LogP contribution is 2.30. The molecule has 0 amide bonds. The molecule has 10 heteroatoms. The smallest absolute Gasteiger partial charge is 0.167 e. The molecule has 4 aromatic rings. The molecule has 2 N–H and O–H groups in total. The standard InChI is InChI=1S/C18H21N9S/c1-12-7-17(28-24-12)22-16-8-15(26-5-3-19-4-6-26)23-18-14(10-21-27(16)18)13-9-20-25(2)11-13/h7-11,19,22H,3-6H2,1-2H3. The van der Waals surface area contributed by atoms with Crippen molar-refractivity contribution in [3.8, 4) is 11.1 Å². The highest BCUT2D eigenvalue weighted by Gasteiger charge is 2.19. The van der Waals surface area contributed by atoms with Crippen molar-refractivity contribution in [2.45, 2.75) is 6.92 Å². The number of piperazine rings is 1. The molecule has 5 rings (SSSR count). The Kier molecular flexibility index (Phi) is 4.21. The van der Waals surface area contributed by atoms with Crippen LogP contribution in [0.15, 0.2) is 30.7 Å². The van der Waals surface area contributed by atoms with Crippen molar-refractivity contribution >= 4 is 33.8 Å². The van der Waals surface area contributed by atoms with Crippen molar-refractivity contribution in [2.24, 2.45) is 7.05 Å². The van der Waals surface area contributed by atoms with E-state index in [1.54, 1.807) is 4.68 Å². The second kappa shape index (κ2) is 6.88. The van der Waals surface area contributed by atoms with E-state index in [0.29, 0.717) is 0 Å². The fourth-order valence-corrected chi connectivity index (χ4v) is 4.08. The maximum atomic E-state index is 4.96. The van der Waals surface area contributed by atoms with Crippen LogP contribution in [0.25, 0.3) is 16.8 Å². The molecule has 0 radical (unpaired) electrons. The SMILES string of the molecule is Cc1cc(Nc2cc(N3CCNCC3)nc3c(-c4cnn(C)c4)cnn23)sn1. The summed E-state index contributed by atoms with van der Waals surface area (Å²) in [6, 6.07) is 4.10. The Morgan fingerprint density at radius 3 is 2.71 bits per heavy atom. The summed E-state index contributed by atoms with van der Waals surface area (Å²) in [5.41, 5.74) is 3.78. The lowest BCUT2D eigenvalue weighted by atomic mass is 10.2. The highest BCUT2D eigenvalue weighted by molar-refractivity contribution is 7.10. The van der Waals surface area contributed by atoms with Crippen molar-refractivity contribution in [3.63, 3.8) is 0 Å². The summed E-state index contributed by atoms with van der Waals surface area (Å²) in [7, 11) is 1.91. The first-order valence-corrected chi connectivity index (χ1v) is 9.98. The van der Waals surface area contributed by atoms with Gasteiger partial charge in [-0.3, -0.25) is 4.68 Å². The van der Waals surface area contributed by atoms with Crippen LogP contribution in [0.1, 0.15) is 5.69 Å². The average molecular weight is 395 g/mol. The average Bonchev–Trinajstić information content (AvgIpc) is 3.42. The molecule has 28 heavy (non-hydrogen) atoms. The fraction of sp³-hybridized carbons (Fsp3) is 0.333. The van der Waals surface area contributed by atoms with Crippen molar-refractivity contribution in [3.05, 3.63) is 36.4 Å². The predicted molar refractivity (Wildman–Crippen MR) is 110 cm³/mol. The van der Waals surface area contributed by atoms with Crippen LogP contribution >= 0.6 is 11.5 Å². The number of nitrogens with zero attached hydrogens (tertiary/aromatic N) is 7. The molecule has 1 aliphatic rings. The summed E-state index contributed by atoms with van der Waals surface area (Å²) >= 11 is 1.44. The summed E-state index contributed by atoms with van der Waals surface area (Å²) in [6.07, 6.45) is 5.68. The molecule has 144 valence electrons. The number of hydrogen-bond donors (Lipinski definition) is 2. The maximum Gasteiger partial charge on any atom is 0.167 e. The topological polar surface area (TPSA) is 88.2 Å². The van der Waals surface area contributed by atoms with E-state index in [4.69, 9.17) is 4.98 Å². The third-order valence-corrected chi connectivity index (χ3v) is 5.59. The molecular formula is C18H21N9S. The number of nitrogens with one attached hydrogen (secondary N) is 2. The Morgan fingerprint density at radius 1 is 1.14 bits per heavy atom. The quantitative estimate of drug-likeness (QED) is 0.547. The zero-order valence-electron chi connectivity index (χ0n) is 15.8. The van der Waals surface area contributed by atoms with Crippen LogP contribution in [0, 0.1) is 6.92 Å². The summed E-state index contributed by atoms with van der Waals surface area (Å²) in [5, 5.41) is 16.7. The normalized spacial score (nSPS) is 14.7. The monoisotopic (exact) mass is 395 g/mol. The van der Waals surface area contributed by atoms with Gasteiger partial charge in [-0.15, -0.1) is 0 Å². The number of aryl methyl sites for hydroxylation is 2. The molecular weight excluding hydrogens is 374 g/mol. The minimum Gasteiger partial charge on any atom is -0.354 e. The molecule has 0 spiro atoms. The summed E-state index contributed by atoms with van der Waals surface area (Å²) in [5.74, 6) is 1.82. The first-order valence-electron chi connectivity index (χ1n) is 9.21. The third-order valence-electron chi connectivity index (χ3n) is 4.79. The highest BCUT2D eigenvalue weighted by atomic mass is 32.1. The number of anilines is 3. The molecule has 4 aromatic heterocycles. The van der Waals surface area contributed by atoms with Crippen molar-refractivity contribution < 1.29 is 0 Å². The zero-order valence-corrected chi connectivity index (χ0v) is 16.6. The van der Waals surface area contributed by atoms with Crippen LogP contribution < -0.4 is 15.5 Å². The van der Waals surface area contributed by atoms with E-state index >= 15 is 0 Å². The lowest BCUT2D eigenvalue weighted by Crippen LogP contribution is -2.44. The third kappa shape index (κ3) is 3.10. The van der Waals surface area contributed by atoms with Gasteiger partial charge in [0.1, 0.15) is 16.6 Å². The Bertz CT molecular complexity index is 1120. The van der Waals surface area contributed by atoms with Gasteiger partial charge in [0.2, 0.25) is 0 Å². The van der Waals surface area contributed by atoms with Gasteiger partial charge in [0.15, 0.2) is 5.65 Å². The van der Waals surface area contributed by atoms with E-state index in [-0.39, 0.29) is 0 Å². The van der Waals surface area contributed by atoms with E-state index < -0.39 is 0 Å². The Balaban J connectivity index is 1.64. The first kappa shape index (κ1) is 17.1. The van der Waals surface area contributed by atoms with Gasteiger partial charge in [-0.1, -0.05) is 0 Å².